The fourth-order valence-electron chi connectivity index (χ4n) is 1.35. The highest BCUT2D eigenvalue weighted by molar-refractivity contribution is 7.99. The summed E-state index contributed by atoms with van der Waals surface area (Å²) < 4.78 is 0. The smallest absolute Gasteiger partial charge is 0.188 e. The first-order chi connectivity index (χ1) is 7.79. The van der Waals surface area contributed by atoms with Crippen molar-refractivity contribution in [1.29, 1.82) is 0 Å². The standard InChI is InChI=1S/C11H13N3OS/c1-2-10(15)8-3-5-9(6-4-8)16-11-12-7-13-14-11/h3-7,10,15H,2H2,1H3,(H,12,13,14). The lowest BCUT2D eigenvalue weighted by Gasteiger charge is -2.08. The van der Waals surface area contributed by atoms with Crippen molar-refractivity contribution < 1.29 is 5.11 Å². The predicted octanol–water partition coefficient (Wildman–Crippen LogP) is 2.40. The van der Waals surface area contributed by atoms with Gasteiger partial charge < -0.3 is 5.11 Å². The van der Waals surface area contributed by atoms with E-state index < -0.39 is 0 Å². The third-order valence-corrected chi connectivity index (χ3v) is 3.16. The number of rotatable bonds is 4. The van der Waals surface area contributed by atoms with Gasteiger partial charge >= 0.3 is 0 Å². The van der Waals surface area contributed by atoms with E-state index >= 15 is 0 Å². The molecule has 1 atom stereocenters. The van der Waals surface area contributed by atoms with Gasteiger partial charge in [0.25, 0.3) is 0 Å². The van der Waals surface area contributed by atoms with E-state index in [9.17, 15) is 5.11 Å². The van der Waals surface area contributed by atoms with Crippen molar-refractivity contribution in [2.45, 2.75) is 29.5 Å². The zero-order chi connectivity index (χ0) is 11.4. The van der Waals surface area contributed by atoms with Crippen molar-refractivity contribution >= 4 is 11.8 Å². The Labute approximate surface area is 98.1 Å². The van der Waals surface area contributed by atoms with Gasteiger partial charge in [0.2, 0.25) is 0 Å². The lowest BCUT2D eigenvalue weighted by molar-refractivity contribution is 0.173. The SMILES string of the molecule is CCC(O)c1ccc(Sc2ncn[nH]2)cc1. The van der Waals surface area contributed by atoms with Gasteiger partial charge in [0.15, 0.2) is 5.16 Å². The van der Waals surface area contributed by atoms with Crippen molar-refractivity contribution in [1.82, 2.24) is 15.2 Å². The molecule has 1 aromatic heterocycles. The summed E-state index contributed by atoms with van der Waals surface area (Å²) >= 11 is 1.51. The quantitative estimate of drug-likeness (QED) is 0.854. The molecule has 0 bridgehead atoms. The lowest BCUT2D eigenvalue weighted by Crippen LogP contribution is -1.94. The summed E-state index contributed by atoms with van der Waals surface area (Å²) in [6.07, 6.45) is 1.84. The molecule has 1 aromatic carbocycles. The van der Waals surface area contributed by atoms with Gasteiger partial charge in [-0.2, -0.15) is 5.10 Å². The van der Waals surface area contributed by atoms with Gasteiger partial charge in [-0.3, -0.25) is 5.10 Å². The van der Waals surface area contributed by atoms with Gasteiger partial charge in [0, 0.05) is 4.90 Å². The fraction of sp³-hybridized carbons (Fsp3) is 0.273. The van der Waals surface area contributed by atoms with Crippen LogP contribution in [0.2, 0.25) is 0 Å². The molecule has 0 aliphatic rings. The van der Waals surface area contributed by atoms with Crippen LogP contribution in [0.3, 0.4) is 0 Å². The van der Waals surface area contributed by atoms with Crippen LogP contribution < -0.4 is 0 Å². The van der Waals surface area contributed by atoms with Gasteiger partial charge in [0.1, 0.15) is 6.33 Å². The van der Waals surface area contributed by atoms with E-state index in [0.29, 0.717) is 0 Å². The monoisotopic (exact) mass is 235 g/mol. The minimum Gasteiger partial charge on any atom is -0.388 e. The van der Waals surface area contributed by atoms with Crippen LogP contribution in [-0.4, -0.2) is 20.3 Å². The van der Waals surface area contributed by atoms with E-state index in [1.807, 2.05) is 31.2 Å². The lowest BCUT2D eigenvalue weighted by atomic mass is 10.1. The second kappa shape index (κ2) is 5.14. The number of H-pyrrole nitrogens is 1. The number of aromatic nitrogens is 3. The fourth-order valence-corrected chi connectivity index (χ4v) is 2.04. The van der Waals surface area contributed by atoms with Crippen LogP contribution in [0, 0.1) is 0 Å². The highest BCUT2D eigenvalue weighted by Crippen LogP contribution is 2.25. The van der Waals surface area contributed by atoms with Crippen LogP contribution in [0.4, 0.5) is 0 Å². The number of nitrogens with one attached hydrogen (secondary N) is 1. The number of aromatic amines is 1. The molecule has 2 N–H and O–H groups in total. The Balaban J connectivity index is 2.07. The Morgan fingerprint density at radius 1 is 1.38 bits per heavy atom. The highest BCUT2D eigenvalue weighted by atomic mass is 32.2. The van der Waals surface area contributed by atoms with Crippen molar-refractivity contribution in [2.24, 2.45) is 0 Å². The van der Waals surface area contributed by atoms with E-state index in [0.717, 1.165) is 22.0 Å². The summed E-state index contributed by atoms with van der Waals surface area (Å²) in [5.74, 6) is 0. The molecule has 0 radical (unpaired) electrons. The second-order valence-corrected chi connectivity index (χ2v) is 4.45. The van der Waals surface area contributed by atoms with Crippen LogP contribution in [0.1, 0.15) is 25.0 Å². The van der Waals surface area contributed by atoms with Crippen LogP contribution in [0.15, 0.2) is 40.6 Å². The molecule has 5 heteroatoms. The van der Waals surface area contributed by atoms with E-state index in [1.165, 1.54) is 18.1 Å². The van der Waals surface area contributed by atoms with Gasteiger partial charge in [-0.15, -0.1) is 0 Å². The van der Waals surface area contributed by atoms with E-state index in [1.54, 1.807) is 0 Å². The minimum atomic E-state index is -0.371. The molecule has 4 nitrogen and oxygen atoms in total. The molecule has 0 spiro atoms. The molecule has 0 amide bonds. The Hall–Kier alpha value is -1.33. The number of hydrogen-bond donors (Lipinski definition) is 2. The largest absolute Gasteiger partial charge is 0.388 e. The van der Waals surface area contributed by atoms with Crippen LogP contribution in [0.5, 0.6) is 0 Å². The third-order valence-electron chi connectivity index (χ3n) is 2.26. The topological polar surface area (TPSA) is 61.8 Å². The first-order valence-corrected chi connectivity index (χ1v) is 5.92. The van der Waals surface area contributed by atoms with E-state index in [4.69, 9.17) is 0 Å². The summed E-state index contributed by atoms with van der Waals surface area (Å²) in [5.41, 5.74) is 0.949. The maximum atomic E-state index is 9.64. The number of aliphatic hydroxyl groups is 1. The van der Waals surface area contributed by atoms with Crippen molar-refractivity contribution in [2.75, 3.05) is 0 Å². The van der Waals surface area contributed by atoms with Gasteiger partial charge in [-0.25, -0.2) is 4.98 Å². The summed E-state index contributed by atoms with van der Waals surface area (Å²) in [5, 5.41) is 17.0. The van der Waals surface area contributed by atoms with Gasteiger partial charge in [0.05, 0.1) is 6.10 Å². The number of nitrogens with zero attached hydrogens (tertiary/aromatic N) is 2. The van der Waals surface area contributed by atoms with Crippen molar-refractivity contribution in [3.05, 3.63) is 36.2 Å². The molecule has 2 rings (SSSR count). The average Bonchev–Trinajstić information content (AvgIpc) is 2.82. The van der Waals surface area contributed by atoms with Crippen LogP contribution in [-0.2, 0) is 0 Å². The molecule has 0 saturated carbocycles. The highest BCUT2D eigenvalue weighted by Gasteiger charge is 2.05. The zero-order valence-corrected chi connectivity index (χ0v) is 9.74. The first kappa shape index (κ1) is 11.2. The minimum absolute atomic E-state index is 0.371. The normalized spacial score (nSPS) is 12.6. The molecule has 0 aliphatic heterocycles. The third kappa shape index (κ3) is 2.62. The Bertz CT molecular complexity index is 427. The summed E-state index contributed by atoms with van der Waals surface area (Å²) in [6, 6.07) is 7.82. The summed E-state index contributed by atoms with van der Waals surface area (Å²) in [7, 11) is 0. The number of hydrogen-bond acceptors (Lipinski definition) is 4. The predicted molar refractivity (Wildman–Crippen MR) is 62.2 cm³/mol. The molecule has 84 valence electrons. The number of benzene rings is 1. The van der Waals surface area contributed by atoms with E-state index in [2.05, 4.69) is 15.2 Å². The maximum absolute atomic E-state index is 9.64. The molecule has 0 aliphatic carbocycles. The molecule has 1 heterocycles. The van der Waals surface area contributed by atoms with E-state index in [-0.39, 0.29) is 6.10 Å². The van der Waals surface area contributed by atoms with Crippen molar-refractivity contribution in [3.63, 3.8) is 0 Å². The zero-order valence-electron chi connectivity index (χ0n) is 8.92. The molecule has 0 fully saturated rings. The Morgan fingerprint density at radius 2 is 2.12 bits per heavy atom. The molecule has 0 saturated heterocycles. The van der Waals surface area contributed by atoms with Gasteiger partial charge in [-0.1, -0.05) is 30.8 Å². The molecule has 2 aromatic rings. The van der Waals surface area contributed by atoms with Gasteiger partial charge in [-0.05, 0) is 24.1 Å². The first-order valence-electron chi connectivity index (χ1n) is 5.11. The Morgan fingerprint density at radius 3 is 2.69 bits per heavy atom. The second-order valence-electron chi connectivity index (χ2n) is 3.39. The average molecular weight is 235 g/mol. The molecule has 1 unspecified atom stereocenters. The summed E-state index contributed by atoms with van der Waals surface area (Å²) in [6.45, 7) is 1.96. The van der Waals surface area contributed by atoms with Crippen LogP contribution >= 0.6 is 11.8 Å². The summed E-state index contributed by atoms with van der Waals surface area (Å²) in [4.78, 5) is 5.11. The Kier molecular flexibility index (Phi) is 3.58. The number of aliphatic hydroxyl groups excluding tert-OH is 1. The molecular weight excluding hydrogens is 222 g/mol. The maximum Gasteiger partial charge on any atom is 0.188 e. The molecule has 16 heavy (non-hydrogen) atoms. The molecular formula is C11H13N3OS. The van der Waals surface area contributed by atoms with Crippen molar-refractivity contribution in [3.8, 4) is 0 Å². The van der Waals surface area contributed by atoms with Crippen LogP contribution in [0.25, 0.3) is 0 Å².